The van der Waals surface area contributed by atoms with Crippen molar-refractivity contribution in [3.05, 3.63) is 149 Å². The van der Waals surface area contributed by atoms with Gasteiger partial charge >= 0.3 is 5.97 Å². The molecule has 6 nitrogen and oxygen atoms in total. The van der Waals surface area contributed by atoms with Gasteiger partial charge in [-0.1, -0.05) is 102 Å². The van der Waals surface area contributed by atoms with E-state index < -0.39 is 12.0 Å². The number of esters is 1. The molecule has 7 rings (SSSR count). The normalized spacial score (nSPS) is 15.0. The molecule has 0 amide bonds. The van der Waals surface area contributed by atoms with Gasteiger partial charge < -0.3 is 9.30 Å². The number of hydrogen-bond acceptors (Lipinski definition) is 5. The van der Waals surface area contributed by atoms with Gasteiger partial charge in [-0.2, -0.15) is 0 Å². The van der Waals surface area contributed by atoms with Crippen LogP contribution in [-0.2, 0) is 16.1 Å². The quantitative estimate of drug-likeness (QED) is 0.188. The number of benzene rings is 4. The third-order valence-corrected chi connectivity index (χ3v) is 9.81. The van der Waals surface area contributed by atoms with Gasteiger partial charge in [-0.15, -0.1) is 0 Å². The number of fused-ring (bicyclic) bond motifs is 3. The number of aromatic nitrogens is 2. The van der Waals surface area contributed by atoms with Gasteiger partial charge in [0.1, 0.15) is 6.04 Å². The fourth-order valence-electron chi connectivity index (χ4n) is 6.36. The topological polar surface area (TPSA) is 65.6 Å². The lowest BCUT2D eigenvalue weighted by atomic mass is 9.96. The highest BCUT2D eigenvalue weighted by Gasteiger charge is 2.34. The van der Waals surface area contributed by atoms with E-state index in [4.69, 9.17) is 21.3 Å². The highest BCUT2D eigenvalue weighted by atomic mass is 35.5. The van der Waals surface area contributed by atoms with Crippen molar-refractivity contribution in [3.8, 4) is 0 Å². The van der Waals surface area contributed by atoms with Crippen LogP contribution in [0.5, 0.6) is 0 Å². The lowest BCUT2D eigenvalue weighted by Gasteiger charge is -2.25. The average molecular weight is 632 g/mol. The zero-order chi connectivity index (χ0) is 31.2. The van der Waals surface area contributed by atoms with E-state index in [1.54, 1.807) is 24.5 Å². The van der Waals surface area contributed by atoms with Crippen molar-refractivity contribution in [3.63, 3.8) is 0 Å². The summed E-state index contributed by atoms with van der Waals surface area (Å²) in [7, 11) is 0. The maximum Gasteiger partial charge on any atom is 0.338 e. The first kappa shape index (κ1) is 29.0. The largest absolute Gasteiger partial charge is 0.463 e. The third-order valence-electron chi connectivity index (χ3n) is 8.48. The number of halogens is 1. The number of thiazole rings is 1. The van der Waals surface area contributed by atoms with E-state index in [2.05, 4.69) is 66.1 Å². The minimum atomic E-state index is -0.759. The minimum absolute atomic E-state index is 0.206. The second-order valence-electron chi connectivity index (χ2n) is 11.1. The van der Waals surface area contributed by atoms with Crippen LogP contribution in [0, 0.1) is 6.92 Å². The molecule has 1 atom stereocenters. The van der Waals surface area contributed by atoms with Gasteiger partial charge in [-0.3, -0.25) is 9.36 Å². The second-order valence-corrected chi connectivity index (χ2v) is 12.5. The second kappa shape index (κ2) is 11.7. The van der Waals surface area contributed by atoms with Crippen molar-refractivity contribution in [1.82, 2.24) is 9.13 Å². The fourth-order valence-corrected chi connectivity index (χ4v) is 7.63. The number of para-hydroxylation sites is 1. The number of carbonyl (C=O) groups is 1. The Morgan fingerprint density at radius 2 is 1.67 bits per heavy atom. The maximum atomic E-state index is 14.3. The first-order chi connectivity index (χ1) is 21.9. The summed E-state index contributed by atoms with van der Waals surface area (Å²) in [6.07, 6.45) is 1.97. The Labute approximate surface area is 268 Å². The van der Waals surface area contributed by atoms with Gasteiger partial charge in [0.25, 0.3) is 5.56 Å². The van der Waals surface area contributed by atoms with Crippen LogP contribution in [0.25, 0.3) is 27.8 Å². The van der Waals surface area contributed by atoms with Gasteiger partial charge in [-0.05, 0) is 60.9 Å². The third kappa shape index (κ3) is 4.93. The molecule has 0 unspecified atom stereocenters. The minimum Gasteiger partial charge on any atom is -0.463 e. The SMILES string of the molecule is CCOC(=O)C1=C(C)N=c2s/c(=C\c3c(C)n(Cc4cccc5ccccc45)c4ccccc34)c(=O)n2[C@@H]1c1ccccc1Cl. The Bertz CT molecular complexity index is 2360. The molecule has 224 valence electrons. The molecule has 0 radical (unpaired) electrons. The molecule has 3 heterocycles. The van der Waals surface area contributed by atoms with Crippen molar-refractivity contribution in [2.24, 2.45) is 4.99 Å². The Morgan fingerprint density at radius 1 is 0.956 bits per heavy atom. The Morgan fingerprint density at radius 3 is 2.47 bits per heavy atom. The van der Waals surface area contributed by atoms with Crippen molar-refractivity contribution >= 4 is 56.7 Å². The first-order valence-corrected chi connectivity index (χ1v) is 16.1. The lowest BCUT2D eigenvalue weighted by Crippen LogP contribution is -2.40. The number of carbonyl (C=O) groups excluding carboxylic acids is 1. The number of ether oxygens (including phenoxy) is 1. The molecule has 0 fully saturated rings. The van der Waals surface area contributed by atoms with E-state index in [9.17, 15) is 9.59 Å². The van der Waals surface area contributed by atoms with Crippen LogP contribution < -0.4 is 14.9 Å². The molecule has 0 bridgehead atoms. The fraction of sp³-hybridized carbons (Fsp3) is 0.162. The predicted octanol–water partition coefficient (Wildman–Crippen LogP) is 6.92. The molecule has 0 aliphatic carbocycles. The van der Waals surface area contributed by atoms with Gasteiger partial charge in [0.2, 0.25) is 0 Å². The van der Waals surface area contributed by atoms with E-state index in [0.29, 0.717) is 37.7 Å². The maximum absolute atomic E-state index is 14.3. The molecule has 6 aromatic rings. The molecular weight excluding hydrogens is 602 g/mol. The lowest BCUT2D eigenvalue weighted by molar-refractivity contribution is -0.139. The number of nitrogens with zero attached hydrogens (tertiary/aromatic N) is 3. The zero-order valence-electron chi connectivity index (χ0n) is 25.1. The van der Waals surface area contributed by atoms with E-state index in [0.717, 1.165) is 22.2 Å². The van der Waals surface area contributed by atoms with Crippen LogP contribution in [0.4, 0.5) is 0 Å². The summed E-state index contributed by atoms with van der Waals surface area (Å²) < 4.78 is 9.85. The standard InChI is InChI=1S/C37H30ClN3O3S/c1-4-44-36(43)33-22(2)39-37-41(34(33)28-17-7-9-18-30(28)38)35(42)32(45-37)20-29-23(3)40(31-19-10-8-16-27(29)31)21-25-14-11-13-24-12-5-6-15-26(24)25/h5-20,34H,4,21H2,1-3H3/b32-20-/t34-/m1/s1. The summed E-state index contributed by atoms with van der Waals surface area (Å²) in [4.78, 5) is 32.8. The van der Waals surface area contributed by atoms with Gasteiger partial charge in [-0.25, -0.2) is 9.79 Å². The number of hydrogen-bond donors (Lipinski definition) is 0. The van der Waals surface area contributed by atoms with Crippen LogP contribution in [0.2, 0.25) is 5.02 Å². The molecule has 2 aromatic heterocycles. The van der Waals surface area contributed by atoms with E-state index in [1.165, 1.54) is 27.7 Å². The van der Waals surface area contributed by atoms with Gasteiger partial charge in [0.05, 0.1) is 22.4 Å². The Kier molecular flexibility index (Phi) is 7.51. The summed E-state index contributed by atoms with van der Waals surface area (Å²) in [5, 5.41) is 3.95. The average Bonchev–Trinajstić information content (AvgIpc) is 3.49. The summed E-state index contributed by atoms with van der Waals surface area (Å²) in [5.41, 5.74) is 5.59. The van der Waals surface area contributed by atoms with Gasteiger partial charge in [0, 0.05) is 33.7 Å². The van der Waals surface area contributed by atoms with Gasteiger partial charge in [0.15, 0.2) is 4.80 Å². The monoisotopic (exact) mass is 631 g/mol. The highest BCUT2D eigenvalue weighted by molar-refractivity contribution is 7.07. The molecule has 1 aliphatic rings. The molecule has 1 aliphatic heterocycles. The van der Waals surface area contributed by atoms with Crippen LogP contribution in [-0.4, -0.2) is 21.7 Å². The van der Waals surface area contributed by atoms with Crippen molar-refractivity contribution in [1.29, 1.82) is 0 Å². The van der Waals surface area contributed by atoms with E-state index in [-0.39, 0.29) is 12.2 Å². The predicted molar refractivity (Wildman–Crippen MR) is 182 cm³/mol. The van der Waals surface area contributed by atoms with Crippen LogP contribution in [0.1, 0.15) is 42.3 Å². The van der Waals surface area contributed by atoms with Crippen molar-refractivity contribution in [2.75, 3.05) is 6.61 Å². The molecule has 45 heavy (non-hydrogen) atoms. The Balaban J connectivity index is 1.42. The Hall–Kier alpha value is -4.72. The molecule has 0 saturated carbocycles. The summed E-state index contributed by atoms with van der Waals surface area (Å²) in [5.74, 6) is -0.509. The first-order valence-electron chi connectivity index (χ1n) is 14.9. The summed E-state index contributed by atoms with van der Waals surface area (Å²) in [6, 6.07) is 29.6. The van der Waals surface area contributed by atoms with Crippen LogP contribution in [0.15, 0.2) is 112 Å². The smallest absolute Gasteiger partial charge is 0.338 e. The molecule has 8 heteroatoms. The highest BCUT2D eigenvalue weighted by Crippen LogP contribution is 2.35. The van der Waals surface area contributed by atoms with Crippen LogP contribution >= 0.6 is 22.9 Å². The van der Waals surface area contributed by atoms with E-state index in [1.807, 2.05) is 36.4 Å². The van der Waals surface area contributed by atoms with Crippen LogP contribution in [0.3, 0.4) is 0 Å². The molecule has 0 saturated heterocycles. The summed E-state index contributed by atoms with van der Waals surface area (Å²) in [6.45, 7) is 6.53. The molecule has 0 N–H and O–H groups in total. The number of rotatable bonds is 6. The number of allylic oxidation sites excluding steroid dienone is 1. The van der Waals surface area contributed by atoms with E-state index >= 15 is 0 Å². The van der Waals surface area contributed by atoms with Crippen molar-refractivity contribution < 1.29 is 9.53 Å². The zero-order valence-corrected chi connectivity index (χ0v) is 26.7. The molecule has 4 aromatic carbocycles. The molecular formula is C37H30ClN3O3S. The molecule has 0 spiro atoms. The summed E-state index contributed by atoms with van der Waals surface area (Å²) >= 11 is 7.99. The van der Waals surface area contributed by atoms with Crippen molar-refractivity contribution in [2.45, 2.75) is 33.4 Å².